The van der Waals surface area contributed by atoms with Crippen molar-refractivity contribution in [2.75, 3.05) is 44.5 Å². The van der Waals surface area contributed by atoms with Crippen LogP contribution in [-0.2, 0) is 4.79 Å². The third kappa shape index (κ3) is 3.93. The lowest BCUT2D eigenvalue weighted by Gasteiger charge is -2.36. The highest BCUT2D eigenvalue weighted by molar-refractivity contribution is 5.92. The van der Waals surface area contributed by atoms with Gasteiger partial charge >= 0.3 is 0 Å². The van der Waals surface area contributed by atoms with E-state index in [9.17, 15) is 4.79 Å². The zero-order valence-electron chi connectivity index (χ0n) is 17.8. The van der Waals surface area contributed by atoms with Crippen LogP contribution in [0.2, 0.25) is 0 Å². The van der Waals surface area contributed by atoms with E-state index in [2.05, 4.69) is 20.3 Å². The average molecular weight is 423 g/mol. The topological polar surface area (TPSA) is 128 Å². The van der Waals surface area contributed by atoms with Crippen molar-refractivity contribution in [3.8, 4) is 22.8 Å². The lowest BCUT2D eigenvalue weighted by molar-refractivity contribution is -0.120. The summed E-state index contributed by atoms with van der Waals surface area (Å²) in [7, 11) is 3.17. The minimum Gasteiger partial charge on any atom is -0.493 e. The SMILES string of the molecule is CCC(=O)C1CNCCN1c1nc(N)nc2ncc(-c3ccc(OC)c(OC)c3)nc12. The van der Waals surface area contributed by atoms with Crippen molar-refractivity contribution in [2.24, 2.45) is 0 Å². The average Bonchev–Trinajstić information content (AvgIpc) is 2.82. The van der Waals surface area contributed by atoms with Crippen molar-refractivity contribution in [3.63, 3.8) is 0 Å². The second-order valence-electron chi connectivity index (χ2n) is 7.14. The van der Waals surface area contributed by atoms with E-state index in [1.54, 1.807) is 20.4 Å². The Kier molecular flexibility index (Phi) is 5.81. The highest BCUT2D eigenvalue weighted by Gasteiger charge is 2.30. The first kappa shape index (κ1) is 20.7. The molecule has 1 unspecified atom stereocenters. The monoisotopic (exact) mass is 423 g/mol. The minimum absolute atomic E-state index is 0.0943. The first-order valence-electron chi connectivity index (χ1n) is 10.1. The number of nitrogen functional groups attached to an aromatic ring is 1. The van der Waals surface area contributed by atoms with Crippen LogP contribution in [0.4, 0.5) is 11.8 Å². The van der Waals surface area contributed by atoms with E-state index in [0.717, 1.165) is 12.1 Å². The fraction of sp³-hybridized carbons (Fsp3) is 0.381. The molecule has 1 saturated heterocycles. The Bertz CT molecular complexity index is 1120. The lowest BCUT2D eigenvalue weighted by Crippen LogP contribution is -2.55. The number of aromatic nitrogens is 4. The van der Waals surface area contributed by atoms with E-state index in [1.165, 1.54) is 0 Å². The molecular weight excluding hydrogens is 398 g/mol. The molecule has 0 spiro atoms. The van der Waals surface area contributed by atoms with E-state index in [-0.39, 0.29) is 17.8 Å². The maximum atomic E-state index is 12.6. The van der Waals surface area contributed by atoms with Crippen molar-refractivity contribution in [2.45, 2.75) is 19.4 Å². The van der Waals surface area contributed by atoms with Crippen LogP contribution in [0.3, 0.4) is 0 Å². The Balaban J connectivity index is 1.84. The predicted molar refractivity (Wildman–Crippen MR) is 117 cm³/mol. The molecule has 4 rings (SSSR count). The number of fused-ring (bicyclic) bond motifs is 1. The number of nitrogens with one attached hydrogen (secondary N) is 1. The summed E-state index contributed by atoms with van der Waals surface area (Å²) in [5.74, 6) is 1.95. The van der Waals surface area contributed by atoms with Crippen molar-refractivity contribution in [3.05, 3.63) is 24.4 Å². The molecule has 3 N–H and O–H groups in total. The standard InChI is InChI=1S/C21H25N7O3/c1-4-15(29)14-11-23-7-8-28(14)20-18-19(26-21(22)27-20)24-10-13(25-18)12-5-6-16(30-2)17(9-12)31-3/h5-6,9-10,14,23H,4,7-8,11H2,1-3H3,(H2,22,24,26,27). The molecule has 162 valence electrons. The minimum atomic E-state index is -0.345. The van der Waals surface area contributed by atoms with Gasteiger partial charge in [0, 0.05) is 31.6 Å². The van der Waals surface area contributed by atoms with Crippen molar-refractivity contribution < 1.29 is 14.3 Å². The molecule has 10 heteroatoms. The van der Waals surface area contributed by atoms with Gasteiger partial charge in [-0.1, -0.05) is 6.92 Å². The van der Waals surface area contributed by atoms with Gasteiger partial charge in [0.1, 0.15) is 6.04 Å². The number of nitrogens with zero attached hydrogens (tertiary/aromatic N) is 5. The lowest BCUT2D eigenvalue weighted by atomic mass is 10.1. The molecule has 0 radical (unpaired) electrons. The molecule has 0 bridgehead atoms. The summed E-state index contributed by atoms with van der Waals surface area (Å²) in [5.41, 5.74) is 8.26. The Morgan fingerprint density at radius 2 is 2.03 bits per heavy atom. The smallest absolute Gasteiger partial charge is 0.224 e. The number of carbonyl (C=O) groups is 1. The molecule has 0 amide bonds. The van der Waals surface area contributed by atoms with E-state index in [0.29, 0.717) is 53.7 Å². The summed E-state index contributed by atoms with van der Waals surface area (Å²) in [6, 6.07) is 5.18. The zero-order valence-corrected chi connectivity index (χ0v) is 17.8. The van der Waals surface area contributed by atoms with Crippen molar-refractivity contribution in [1.29, 1.82) is 0 Å². The quantitative estimate of drug-likeness (QED) is 0.601. The number of anilines is 2. The summed E-state index contributed by atoms with van der Waals surface area (Å²) >= 11 is 0. The van der Waals surface area contributed by atoms with Crippen LogP contribution in [0.1, 0.15) is 13.3 Å². The number of Topliss-reactive ketones (excluding diaryl/α,β-unsaturated/α-hetero) is 1. The second kappa shape index (κ2) is 8.68. The van der Waals surface area contributed by atoms with E-state index in [4.69, 9.17) is 20.2 Å². The molecule has 1 fully saturated rings. The van der Waals surface area contributed by atoms with E-state index >= 15 is 0 Å². The Labute approximate surface area is 179 Å². The summed E-state index contributed by atoms with van der Waals surface area (Å²) in [4.78, 5) is 32.5. The molecule has 0 aliphatic carbocycles. The predicted octanol–water partition coefficient (Wildman–Crippen LogP) is 1.44. The molecule has 3 heterocycles. The third-order valence-corrected chi connectivity index (χ3v) is 5.32. The molecule has 10 nitrogen and oxygen atoms in total. The zero-order chi connectivity index (χ0) is 22.0. The van der Waals surface area contributed by atoms with Gasteiger partial charge in [0.15, 0.2) is 34.3 Å². The number of methoxy groups -OCH3 is 2. The number of nitrogens with two attached hydrogens (primary N) is 1. The first-order valence-corrected chi connectivity index (χ1v) is 10.1. The molecule has 3 aromatic rings. The van der Waals surface area contributed by atoms with E-state index in [1.807, 2.05) is 30.0 Å². The maximum absolute atomic E-state index is 12.6. The number of hydrogen-bond donors (Lipinski definition) is 2. The third-order valence-electron chi connectivity index (χ3n) is 5.32. The van der Waals surface area contributed by atoms with E-state index < -0.39 is 0 Å². The van der Waals surface area contributed by atoms with Gasteiger partial charge in [-0.05, 0) is 18.2 Å². The van der Waals surface area contributed by atoms with Gasteiger partial charge in [-0.2, -0.15) is 9.97 Å². The molecule has 1 aliphatic heterocycles. The van der Waals surface area contributed by atoms with Crippen LogP contribution in [0, 0.1) is 0 Å². The molecule has 31 heavy (non-hydrogen) atoms. The number of hydrogen-bond acceptors (Lipinski definition) is 10. The van der Waals surface area contributed by atoms with Gasteiger partial charge in [-0.15, -0.1) is 0 Å². The largest absolute Gasteiger partial charge is 0.493 e. The van der Waals surface area contributed by atoms with Crippen LogP contribution in [0.15, 0.2) is 24.4 Å². The van der Waals surface area contributed by atoms with Crippen LogP contribution < -0.4 is 25.4 Å². The van der Waals surface area contributed by atoms with Crippen LogP contribution in [0.5, 0.6) is 11.5 Å². The second-order valence-corrected chi connectivity index (χ2v) is 7.14. The van der Waals surface area contributed by atoms with Crippen LogP contribution >= 0.6 is 0 Å². The number of piperazine rings is 1. The summed E-state index contributed by atoms with van der Waals surface area (Å²) < 4.78 is 10.7. The van der Waals surface area contributed by atoms with Crippen molar-refractivity contribution >= 4 is 28.7 Å². The fourth-order valence-corrected chi connectivity index (χ4v) is 3.73. The molecule has 2 aromatic heterocycles. The molecule has 1 aliphatic rings. The summed E-state index contributed by atoms with van der Waals surface area (Å²) in [5, 5.41) is 3.27. The molecular formula is C21H25N7O3. The highest BCUT2D eigenvalue weighted by atomic mass is 16.5. The van der Waals surface area contributed by atoms with Gasteiger partial charge in [-0.25, -0.2) is 9.97 Å². The van der Waals surface area contributed by atoms with Crippen LogP contribution in [-0.4, -0.2) is 65.6 Å². The fourth-order valence-electron chi connectivity index (χ4n) is 3.73. The van der Waals surface area contributed by atoms with Gasteiger partial charge < -0.3 is 25.4 Å². The molecule has 1 atom stereocenters. The van der Waals surface area contributed by atoms with Crippen LogP contribution in [0.25, 0.3) is 22.4 Å². The molecule has 1 aromatic carbocycles. The highest BCUT2D eigenvalue weighted by Crippen LogP contribution is 2.33. The van der Waals surface area contributed by atoms with Crippen molar-refractivity contribution in [1.82, 2.24) is 25.3 Å². The number of rotatable bonds is 6. The molecule has 0 saturated carbocycles. The maximum Gasteiger partial charge on any atom is 0.224 e. The Morgan fingerprint density at radius 1 is 1.23 bits per heavy atom. The number of carbonyl (C=O) groups excluding carboxylic acids is 1. The number of ether oxygens (including phenoxy) is 2. The Morgan fingerprint density at radius 3 is 2.77 bits per heavy atom. The van der Waals surface area contributed by atoms with Gasteiger partial charge in [0.05, 0.1) is 26.1 Å². The number of benzene rings is 1. The number of ketones is 1. The van der Waals surface area contributed by atoms with Gasteiger partial charge in [0.2, 0.25) is 5.95 Å². The summed E-state index contributed by atoms with van der Waals surface area (Å²) in [6.07, 6.45) is 2.07. The van der Waals surface area contributed by atoms with Gasteiger partial charge in [0.25, 0.3) is 0 Å². The summed E-state index contributed by atoms with van der Waals surface area (Å²) in [6.45, 7) is 3.73. The normalized spacial score (nSPS) is 16.4. The Hall–Kier alpha value is -3.53. The first-order chi connectivity index (χ1) is 15.0. The van der Waals surface area contributed by atoms with Gasteiger partial charge in [-0.3, -0.25) is 4.79 Å².